The van der Waals surface area contributed by atoms with Gasteiger partial charge < -0.3 is 15.3 Å². The molecule has 1 saturated carbocycles. The Hall–Kier alpha value is -2.48. The van der Waals surface area contributed by atoms with Crippen molar-refractivity contribution >= 4 is 17.8 Å². The third-order valence-electron chi connectivity index (χ3n) is 4.42. The molecule has 8 heteroatoms. The fourth-order valence-corrected chi connectivity index (χ4v) is 3.07. The number of pyridine rings is 1. The average Bonchev–Trinajstić information content (AvgIpc) is 2.82. The lowest BCUT2D eigenvalue weighted by molar-refractivity contribution is -0.123. The van der Waals surface area contributed by atoms with Crippen LogP contribution in [-0.4, -0.2) is 58.1 Å². The van der Waals surface area contributed by atoms with Gasteiger partial charge in [-0.25, -0.2) is 4.79 Å². The number of amides is 4. The molecule has 0 unspecified atom stereocenters. The van der Waals surface area contributed by atoms with E-state index in [1.54, 1.807) is 6.20 Å². The van der Waals surface area contributed by atoms with Gasteiger partial charge >= 0.3 is 6.03 Å². The topological polar surface area (TPSA) is 112 Å². The quantitative estimate of drug-likeness (QED) is 0.604. The molecular formula is C16H20N4O4. The molecule has 0 bridgehead atoms. The minimum atomic E-state index is -0.546. The summed E-state index contributed by atoms with van der Waals surface area (Å²) in [6.45, 7) is -0.259. The maximum Gasteiger partial charge on any atom is 0.325 e. The highest BCUT2D eigenvalue weighted by Crippen LogP contribution is 2.31. The molecule has 3 rings (SSSR count). The van der Waals surface area contributed by atoms with Crippen LogP contribution in [-0.2, 0) is 16.0 Å². The second-order valence-corrected chi connectivity index (χ2v) is 6.29. The van der Waals surface area contributed by atoms with E-state index in [9.17, 15) is 19.5 Å². The molecule has 1 aliphatic carbocycles. The smallest absolute Gasteiger partial charge is 0.325 e. The summed E-state index contributed by atoms with van der Waals surface area (Å²) in [6, 6.07) is 4.90. The number of hydrogen-bond acceptors (Lipinski definition) is 5. The van der Waals surface area contributed by atoms with Crippen LogP contribution in [0.5, 0.6) is 0 Å². The molecule has 2 fully saturated rings. The zero-order valence-electron chi connectivity index (χ0n) is 13.1. The first-order chi connectivity index (χ1) is 11.5. The van der Waals surface area contributed by atoms with Crippen LogP contribution < -0.4 is 10.6 Å². The van der Waals surface area contributed by atoms with Gasteiger partial charge in [0.25, 0.3) is 0 Å². The summed E-state index contributed by atoms with van der Waals surface area (Å²) >= 11 is 0. The third-order valence-corrected chi connectivity index (χ3v) is 4.42. The minimum absolute atomic E-state index is 0.0979. The molecular weight excluding hydrogens is 312 g/mol. The molecule has 1 aliphatic heterocycles. The number of carbonyl (C=O) groups is 3. The zero-order chi connectivity index (χ0) is 17.1. The highest BCUT2D eigenvalue weighted by Gasteiger charge is 2.36. The van der Waals surface area contributed by atoms with Crippen molar-refractivity contribution in [3.05, 3.63) is 30.1 Å². The summed E-state index contributed by atoms with van der Waals surface area (Å²) in [6.07, 6.45) is 3.22. The summed E-state index contributed by atoms with van der Waals surface area (Å²) in [5.41, 5.74) is 0.860. The Labute approximate surface area is 139 Å². The van der Waals surface area contributed by atoms with Gasteiger partial charge in [-0.2, -0.15) is 0 Å². The van der Waals surface area contributed by atoms with Crippen LogP contribution in [0.4, 0.5) is 4.79 Å². The summed E-state index contributed by atoms with van der Waals surface area (Å²) in [5, 5.41) is 14.6. The second kappa shape index (κ2) is 6.96. The molecule has 1 saturated heterocycles. The van der Waals surface area contributed by atoms with Crippen LogP contribution in [0.3, 0.4) is 0 Å². The van der Waals surface area contributed by atoms with Crippen LogP contribution in [0.1, 0.15) is 18.5 Å². The molecule has 0 aromatic carbocycles. The largest absolute Gasteiger partial charge is 0.393 e. The number of nitrogens with zero attached hydrogens (tertiary/aromatic N) is 2. The van der Waals surface area contributed by atoms with Crippen molar-refractivity contribution in [1.29, 1.82) is 0 Å². The average molecular weight is 332 g/mol. The Kier molecular flexibility index (Phi) is 4.75. The molecule has 2 heterocycles. The van der Waals surface area contributed by atoms with Gasteiger partial charge in [0.15, 0.2) is 0 Å². The number of carbonyl (C=O) groups excluding carboxylic acids is 3. The SMILES string of the molecule is O=C1CN(CC(=O)N[C@@H](Cc2ccccn2)C2CC(O)C2)C(=O)N1. The Morgan fingerprint density at radius 2 is 2.21 bits per heavy atom. The monoisotopic (exact) mass is 332 g/mol. The third kappa shape index (κ3) is 3.88. The maximum atomic E-state index is 12.3. The van der Waals surface area contributed by atoms with Crippen molar-refractivity contribution in [1.82, 2.24) is 20.5 Å². The first-order valence-corrected chi connectivity index (χ1v) is 7.97. The molecule has 4 amide bonds. The number of aromatic nitrogens is 1. The van der Waals surface area contributed by atoms with Crippen LogP contribution in [0.2, 0.25) is 0 Å². The summed E-state index contributed by atoms with van der Waals surface area (Å²) in [4.78, 5) is 40.4. The first-order valence-electron chi connectivity index (χ1n) is 7.97. The Morgan fingerprint density at radius 1 is 1.42 bits per heavy atom. The van der Waals surface area contributed by atoms with Gasteiger partial charge in [-0.15, -0.1) is 0 Å². The summed E-state index contributed by atoms with van der Waals surface area (Å²) < 4.78 is 0. The van der Waals surface area contributed by atoms with E-state index in [0.29, 0.717) is 19.3 Å². The highest BCUT2D eigenvalue weighted by atomic mass is 16.3. The number of aliphatic hydroxyl groups excluding tert-OH is 1. The van der Waals surface area contributed by atoms with Gasteiger partial charge in [-0.3, -0.25) is 19.9 Å². The molecule has 0 radical (unpaired) electrons. The molecule has 1 atom stereocenters. The van der Waals surface area contributed by atoms with Gasteiger partial charge in [-0.05, 0) is 30.9 Å². The lowest BCUT2D eigenvalue weighted by Gasteiger charge is -2.38. The Morgan fingerprint density at radius 3 is 2.79 bits per heavy atom. The number of nitrogens with one attached hydrogen (secondary N) is 2. The fourth-order valence-electron chi connectivity index (χ4n) is 3.07. The van der Waals surface area contributed by atoms with E-state index in [2.05, 4.69) is 15.6 Å². The van der Waals surface area contributed by atoms with Crippen LogP contribution >= 0.6 is 0 Å². The molecule has 0 spiro atoms. The first kappa shape index (κ1) is 16.4. The Balaban J connectivity index is 1.59. The molecule has 1 aromatic rings. The second-order valence-electron chi connectivity index (χ2n) is 6.29. The molecule has 24 heavy (non-hydrogen) atoms. The minimum Gasteiger partial charge on any atom is -0.393 e. The number of urea groups is 1. The van der Waals surface area contributed by atoms with Gasteiger partial charge in [0.2, 0.25) is 11.8 Å². The van der Waals surface area contributed by atoms with E-state index in [1.807, 2.05) is 18.2 Å². The standard InChI is InChI=1S/C16H20N4O4/c21-12-5-10(6-12)13(7-11-3-1-2-4-17-11)18-14(22)8-20-9-15(23)19-16(20)24/h1-4,10,12-13,21H,5-9H2,(H,18,22)(H,19,23,24)/t10?,12?,13-/m0/s1. The molecule has 3 N–H and O–H groups in total. The number of imide groups is 1. The van der Waals surface area contributed by atoms with Gasteiger partial charge in [0.1, 0.15) is 13.1 Å². The van der Waals surface area contributed by atoms with Gasteiger partial charge in [0.05, 0.1) is 6.10 Å². The highest BCUT2D eigenvalue weighted by molar-refractivity contribution is 6.03. The molecule has 2 aliphatic rings. The predicted octanol–water partition coefficient (Wildman–Crippen LogP) is -0.568. The number of hydrogen-bond donors (Lipinski definition) is 3. The van der Waals surface area contributed by atoms with E-state index in [0.717, 1.165) is 5.69 Å². The summed E-state index contributed by atoms with van der Waals surface area (Å²) in [5.74, 6) is -0.540. The molecule has 8 nitrogen and oxygen atoms in total. The maximum absolute atomic E-state index is 12.3. The number of aliphatic hydroxyl groups is 1. The van der Waals surface area contributed by atoms with Gasteiger partial charge in [-0.1, -0.05) is 6.07 Å². The van der Waals surface area contributed by atoms with Crippen molar-refractivity contribution in [3.63, 3.8) is 0 Å². The fraction of sp³-hybridized carbons (Fsp3) is 0.500. The number of rotatable bonds is 6. The summed E-state index contributed by atoms with van der Waals surface area (Å²) in [7, 11) is 0. The Bertz CT molecular complexity index is 630. The van der Waals surface area contributed by atoms with Crippen molar-refractivity contribution in [2.75, 3.05) is 13.1 Å². The van der Waals surface area contributed by atoms with E-state index >= 15 is 0 Å². The lowest BCUT2D eigenvalue weighted by Crippen LogP contribution is -2.51. The normalized spacial score (nSPS) is 24.3. The van der Waals surface area contributed by atoms with E-state index in [1.165, 1.54) is 4.90 Å². The van der Waals surface area contributed by atoms with E-state index in [-0.39, 0.29) is 37.1 Å². The van der Waals surface area contributed by atoms with Crippen LogP contribution in [0.15, 0.2) is 24.4 Å². The van der Waals surface area contributed by atoms with Crippen LogP contribution in [0, 0.1) is 5.92 Å². The molecule has 128 valence electrons. The molecule has 1 aromatic heterocycles. The lowest BCUT2D eigenvalue weighted by atomic mass is 9.76. The van der Waals surface area contributed by atoms with E-state index < -0.39 is 11.9 Å². The van der Waals surface area contributed by atoms with Crippen molar-refractivity contribution < 1.29 is 19.5 Å². The van der Waals surface area contributed by atoms with Crippen molar-refractivity contribution in [2.45, 2.75) is 31.4 Å². The van der Waals surface area contributed by atoms with E-state index in [4.69, 9.17) is 0 Å². The zero-order valence-corrected chi connectivity index (χ0v) is 13.1. The van der Waals surface area contributed by atoms with Crippen molar-refractivity contribution in [2.24, 2.45) is 5.92 Å². The van der Waals surface area contributed by atoms with Crippen molar-refractivity contribution in [3.8, 4) is 0 Å². The van der Waals surface area contributed by atoms with Gasteiger partial charge in [0, 0.05) is 24.4 Å². The predicted molar refractivity (Wildman–Crippen MR) is 83.7 cm³/mol. The van der Waals surface area contributed by atoms with Crippen LogP contribution in [0.25, 0.3) is 0 Å².